The van der Waals surface area contributed by atoms with E-state index >= 15 is 0 Å². The number of nitrogens with zero attached hydrogens (tertiary/aromatic N) is 1. The van der Waals surface area contributed by atoms with E-state index in [9.17, 15) is 32.3 Å². The summed E-state index contributed by atoms with van der Waals surface area (Å²) in [6.45, 7) is 4.38. The van der Waals surface area contributed by atoms with Crippen LogP contribution in [0.25, 0.3) is 0 Å². The van der Waals surface area contributed by atoms with Gasteiger partial charge in [-0.15, -0.1) is 11.3 Å². The van der Waals surface area contributed by atoms with Crippen molar-refractivity contribution in [2.45, 2.75) is 51.6 Å². The van der Waals surface area contributed by atoms with Gasteiger partial charge in [0.2, 0.25) is 11.8 Å². The number of carbonyl (C=O) groups excluding carboxylic acids is 4. The molecule has 0 spiro atoms. The number of alkyl carbamates (subject to hydrolysis) is 1. The highest BCUT2D eigenvalue weighted by atomic mass is 32.1. The second-order valence-corrected chi connectivity index (χ2v) is 10.8. The average Bonchev–Trinajstić information content (AvgIpc) is 3.40. The number of rotatable bonds is 11. The van der Waals surface area contributed by atoms with Crippen LogP contribution in [0.1, 0.15) is 48.7 Å². The third-order valence-corrected chi connectivity index (χ3v) is 6.01. The number of thiazole rings is 1. The number of benzene rings is 2. The maximum atomic E-state index is 14.0. The molecule has 14 heteroatoms. The molecule has 0 saturated carbocycles. The number of Topliss-reactive ketones (excluding diaryl/α,β-unsaturated/α-hetero) is 1. The summed E-state index contributed by atoms with van der Waals surface area (Å²) in [5.41, 5.74) is -2.91. The summed E-state index contributed by atoms with van der Waals surface area (Å²) < 4.78 is 52.7. The highest BCUT2D eigenvalue weighted by Gasteiger charge is 2.37. The maximum Gasteiger partial charge on any atom is 0.418 e. The van der Waals surface area contributed by atoms with E-state index in [1.54, 1.807) is 56.5 Å². The van der Waals surface area contributed by atoms with Crippen LogP contribution in [0.3, 0.4) is 0 Å². The molecule has 1 aromatic heterocycles. The van der Waals surface area contributed by atoms with Gasteiger partial charge < -0.3 is 25.4 Å². The minimum Gasteiger partial charge on any atom is -0.444 e. The van der Waals surface area contributed by atoms with Crippen molar-refractivity contribution in [1.29, 1.82) is 0 Å². The minimum atomic E-state index is -4.97. The third kappa shape index (κ3) is 9.96. The first-order valence-corrected chi connectivity index (χ1v) is 13.5. The number of hydrogen-bond donors (Lipinski definition) is 3. The Balaban J connectivity index is 1.85. The van der Waals surface area contributed by atoms with Crippen LogP contribution in [-0.4, -0.2) is 46.9 Å². The first kappa shape index (κ1) is 32.2. The third-order valence-electron chi connectivity index (χ3n) is 5.32. The lowest BCUT2D eigenvalue weighted by Gasteiger charge is -2.24. The van der Waals surface area contributed by atoms with E-state index < -0.39 is 71.4 Å². The fraction of sp³-hybridized carbons (Fsp3) is 0.321. The van der Waals surface area contributed by atoms with Gasteiger partial charge in [0.25, 0.3) is 0 Å². The van der Waals surface area contributed by atoms with Crippen molar-refractivity contribution in [3.05, 3.63) is 76.8 Å². The number of ether oxygens (including phenoxy) is 2. The molecule has 1 unspecified atom stereocenters. The van der Waals surface area contributed by atoms with E-state index in [1.165, 1.54) is 6.20 Å². The molecule has 42 heavy (non-hydrogen) atoms. The normalized spacial score (nSPS) is 12.2. The first-order valence-electron chi connectivity index (χ1n) is 12.6. The quantitative estimate of drug-likeness (QED) is 0.196. The van der Waals surface area contributed by atoms with Crippen molar-refractivity contribution >= 4 is 45.8 Å². The number of alkyl halides is 3. The Kier molecular flexibility index (Phi) is 10.8. The second kappa shape index (κ2) is 14.0. The molecule has 0 aliphatic carbocycles. The first-order chi connectivity index (χ1) is 19.7. The van der Waals surface area contributed by atoms with E-state index in [0.29, 0.717) is 6.07 Å². The van der Waals surface area contributed by atoms with Crippen molar-refractivity contribution < 1.29 is 41.8 Å². The molecule has 0 aliphatic rings. The van der Waals surface area contributed by atoms with E-state index in [4.69, 9.17) is 9.47 Å². The number of amides is 3. The summed E-state index contributed by atoms with van der Waals surface area (Å²) in [6.07, 6.45) is -5.37. The van der Waals surface area contributed by atoms with Gasteiger partial charge in [0.05, 0.1) is 30.9 Å². The minimum absolute atomic E-state index is 0.0394. The molecular formula is C28H29F3N4O6S. The van der Waals surface area contributed by atoms with Gasteiger partial charge in [-0.25, -0.2) is 9.78 Å². The molecule has 0 fully saturated rings. The summed E-state index contributed by atoms with van der Waals surface area (Å²) in [4.78, 5) is 55.0. The molecule has 2 aromatic carbocycles. The number of para-hydroxylation sites is 1. The van der Waals surface area contributed by atoms with Gasteiger partial charge in [-0.3, -0.25) is 14.4 Å². The smallest absolute Gasteiger partial charge is 0.418 e. The Hall–Kier alpha value is -4.30. The summed E-state index contributed by atoms with van der Waals surface area (Å²) in [5.74, 6) is -2.89. The number of nitrogens with one attached hydrogen (secondary N) is 3. The van der Waals surface area contributed by atoms with Gasteiger partial charge in [-0.2, -0.15) is 13.2 Å². The predicted octanol–water partition coefficient (Wildman–Crippen LogP) is 5.42. The van der Waals surface area contributed by atoms with Gasteiger partial charge >= 0.3 is 12.3 Å². The Bertz CT molecular complexity index is 1390. The Morgan fingerprint density at radius 3 is 2.31 bits per heavy atom. The summed E-state index contributed by atoms with van der Waals surface area (Å²) in [6, 6.07) is 10.1. The number of hydrogen-bond acceptors (Lipinski definition) is 8. The molecule has 1 atom stereocenters. The summed E-state index contributed by atoms with van der Waals surface area (Å²) in [5, 5.41) is 8.61. The van der Waals surface area contributed by atoms with Gasteiger partial charge in [0.1, 0.15) is 11.6 Å². The number of anilines is 2. The van der Waals surface area contributed by atoms with Crippen molar-refractivity contribution in [2.75, 3.05) is 17.2 Å². The van der Waals surface area contributed by atoms with Crippen molar-refractivity contribution in [3.63, 3.8) is 0 Å². The Morgan fingerprint density at radius 2 is 1.69 bits per heavy atom. The van der Waals surface area contributed by atoms with E-state index in [2.05, 4.69) is 20.9 Å². The van der Waals surface area contributed by atoms with Gasteiger partial charge in [-0.1, -0.05) is 36.4 Å². The number of aromatic nitrogens is 1. The van der Waals surface area contributed by atoms with Crippen LogP contribution in [0.2, 0.25) is 0 Å². The van der Waals surface area contributed by atoms with Crippen LogP contribution in [0.15, 0.2) is 60.1 Å². The lowest BCUT2D eigenvalue weighted by Crippen LogP contribution is -2.48. The zero-order valence-corrected chi connectivity index (χ0v) is 23.7. The van der Waals surface area contributed by atoms with Gasteiger partial charge in [-0.05, 0) is 38.5 Å². The number of ketones is 1. The van der Waals surface area contributed by atoms with Crippen LogP contribution in [0.4, 0.5) is 28.8 Å². The Labute approximate surface area is 243 Å². The molecule has 10 nitrogen and oxygen atoms in total. The summed E-state index contributed by atoms with van der Waals surface area (Å²) in [7, 11) is 0. The fourth-order valence-corrected chi connectivity index (χ4v) is 4.10. The van der Waals surface area contributed by atoms with E-state index in [0.717, 1.165) is 29.0 Å². The van der Waals surface area contributed by atoms with Crippen molar-refractivity contribution in [1.82, 2.24) is 10.3 Å². The van der Waals surface area contributed by atoms with Gasteiger partial charge in [0, 0.05) is 17.1 Å². The second-order valence-electron chi connectivity index (χ2n) is 9.90. The topological polar surface area (TPSA) is 136 Å². The lowest BCUT2D eigenvalue weighted by molar-refractivity contribution is -0.137. The zero-order valence-electron chi connectivity index (χ0n) is 22.9. The standard InChI is InChI=1S/C28H29F3N4O6S/c1-27(2,3)41-26(39)33-20(16-40-15-17-8-5-4-6-9-17)24(38)35-23-18(10-7-11-19(23)28(29,30)31)21(36)14-22(37)34-25-32-12-13-42-25/h4-13,20H,14-16H2,1-3H3,(H,33,39)(H,35,38)(H,32,34,37). The fourth-order valence-electron chi connectivity index (χ4n) is 3.56. The number of carbonyl (C=O) groups is 4. The molecule has 0 radical (unpaired) electrons. The van der Waals surface area contributed by atoms with Gasteiger partial charge in [0.15, 0.2) is 10.9 Å². The maximum absolute atomic E-state index is 14.0. The molecule has 1 heterocycles. The largest absolute Gasteiger partial charge is 0.444 e. The van der Waals surface area contributed by atoms with E-state index in [1.807, 2.05) is 0 Å². The molecule has 3 amide bonds. The van der Waals surface area contributed by atoms with Crippen molar-refractivity contribution in [3.8, 4) is 0 Å². The van der Waals surface area contributed by atoms with Crippen LogP contribution in [0.5, 0.6) is 0 Å². The molecule has 224 valence electrons. The molecule has 0 aliphatic heterocycles. The van der Waals surface area contributed by atoms with Crippen LogP contribution in [0, 0.1) is 0 Å². The molecule has 3 aromatic rings. The van der Waals surface area contributed by atoms with Crippen LogP contribution >= 0.6 is 11.3 Å². The molecular weight excluding hydrogens is 577 g/mol. The SMILES string of the molecule is CC(C)(C)OC(=O)NC(COCc1ccccc1)C(=O)Nc1c(C(=O)CC(=O)Nc2nccs2)cccc1C(F)(F)F. The molecule has 0 bridgehead atoms. The molecule has 3 N–H and O–H groups in total. The number of halogens is 3. The molecule has 0 saturated heterocycles. The average molecular weight is 607 g/mol. The monoisotopic (exact) mass is 606 g/mol. The Morgan fingerprint density at radius 1 is 0.976 bits per heavy atom. The van der Waals surface area contributed by atoms with Crippen LogP contribution < -0.4 is 16.0 Å². The highest BCUT2D eigenvalue weighted by molar-refractivity contribution is 7.13. The highest BCUT2D eigenvalue weighted by Crippen LogP contribution is 2.37. The van der Waals surface area contributed by atoms with Crippen molar-refractivity contribution in [2.24, 2.45) is 0 Å². The van der Waals surface area contributed by atoms with Crippen LogP contribution in [-0.2, 0) is 31.8 Å². The molecule has 3 rings (SSSR count). The summed E-state index contributed by atoms with van der Waals surface area (Å²) >= 11 is 1.09. The van der Waals surface area contributed by atoms with E-state index in [-0.39, 0.29) is 11.7 Å². The predicted molar refractivity (Wildman–Crippen MR) is 149 cm³/mol. The lowest BCUT2D eigenvalue weighted by atomic mass is 10.0. The zero-order chi connectivity index (χ0) is 30.9.